The van der Waals surface area contributed by atoms with Crippen molar-refractivity contribution in [3.05, 3.63) is 29.8 Å². The molecule has 0 aliphatic carbocycles. The van der Waals surface area contributed by atoms with Gasteiger partial charge >= 0.3 is 11.9 Å². The lowest BCUT2D eigenvalue weighted by atomic mass is 10.1. The highest BCUT2D eigenvalue weighted by Crippen LogP contribution is 2.19. The van der Waals surface area contributed by atoms with Gasteiger partial charge in [0.05, 0.1) is 12.5 Å². The number of benzene rings is 1. The van der Waals surface area contributed by atoms with Crippen LogP contribution in [0, 0.1) is 0 Å². The lowest BCUT2D eigenvalue weighted by molar-refractivity contribution is -0.153. The van der Waals surface area contributed by atoms with Gasteiger partial charge < -0.3 is 20.3 Å². The molecule has 122 valence electrons. The molecule has 22 heavy (non-hydrogen) atoms. The topological polar surface area (TPSA) is 95.9 Å². The molecule has 0 spiro atoms. The average molecular weight is 309 g/mol. The molecule has 0 unspecified atom stereocenters. The van der Waals surface area contributed by atoms with Gasteiger partial charge in [-0.2, -0.15) is 0 Å². The molecular weight excluding hydrogens is 286 g/mol. The van der Waals surface area contributed by atoms with Crippen molar-refractivity contribution in [1.82, 2.24) is 0 Å². The molecule has 0 heterocycles. The van der Waals surface area contributed by atoms with E-state index in [0.717, 1.165) is 0 Å². The number of rotatable bonds is 6. The second kappa shape index (κ2) is 7.26. The molecule has 0 aliphatic rings. The summed E-state index contributed by atoms with van der Waals surface area (Å²) in [6, 6.07) is 5.70. The molecule has 0 radical (unpaired) electrons. The van der Waals surface area contributed by atoms with Crippen LogP contribution in [-0.4, -0.2) is 39.9 Å². The lowest BCUT2D eigenvalue weighted by Gasteiger charge is -2.22. The van der Waals surface area contributed by atoms with E-state index >= 15 is 0 Å². The molecule has 1 rings (SSSR count). The molecule has 1 aromatic rings. The summed E-state index contributed by atoms with van der Waals surface area (Å²) in [5, 5.41) is 21.4. The van der Waals surface area contributed by atoms with E-state index in [1.807, 2.05) is 0 Å². The number of ether oxygens (including phenoxy) is 1. The summed E-state index contributed by atoms with van der Waals surface area (Å²) in [7, 11) is 0. The van der Waals surface area contributed by atoms with Crippen LogP contribution in [0.2, 0.25) is 0 Å². The fourth-order valence-corrected chi connectivity index (χ4v) is 1.90. The van der Waals surface area contributed by atoms with Crippen molar-refractivity contribution >= 4 is 17.6 Å². The average Bonchev–Trinajstić information content (AvgIpc) is 2.34. The predicted octanol–water partition coefficient (Wildman–Crippen LogP) is 1.82. The van der Waals surface area contributed by atoms with Crippen molar-refractivity contribution in [2.24, 2.45) is 0 Å². The number of carbonyl (C=O) groups excluding carboxylic acids is 1. The van der Waals surface area contributed by atoms with E-state index in [9.17, 15) is 14.7 Å². The summed E-state index contributed by atoms with van der Waals surface area (Å²) in [6.45, 7) is 6.73. The summed E-state index contributed by atoms with van der Waals surface area (Å²) < 4.78 is 5.26. The number of anilines is 1. The van der Waals surface area contributed by atoms with Crippen LogP contribution in [0.15, 0.2) is 24.3 Å². The Bertz CT molecular complexity index is 534. The third kappa shape index (κ3) is 5.73. The van der Waals surface area contributed by atoms with Crippen LogP contribution in [0.4, 0.5) is 5.69 Å². The Balaban J connectivity index is 2.90. The summed E-state index contributed by atoms with van der Waals surface area (Å²) in [5.74, 6) is -1.56. The Morgan fingerprint density at radius 1 is 1.27 bits per heavy atom. The molecule has 0 aliphatic heterocycles. The van der Waals surface area contributed by atoms with Crippen molar-refractivity contribution in [1.29, 1.82) is 0 Å². The highest BCUT2D eigenvalue weighted by molar-refractivity contribution is 5.80. The smallest absolute Gasteiger partial charge is 0.328 e. The summed E-state index contributed by atoms with van der Waals surface area (Å²) in [4.78, 5) is 23.1. The van der Waals surface area contributed by atoms with Gasteiger partial charge in [-0.1, -0.05) is 18.2 Å². The fourth-order valence-electron chi connectivity index (χ4n) is 1.90. The standard InChI is InChI=1S/C16H23NO5/c1-10(18)14(15(20)21)17-12-8-6-5-7-11(12)9-13(19)22-16(2,3)4/h5-8,10,14,17-18H,9H2,1-4H3,(H,20,21)/t10-,14+/m0/s1. The van der Waals surface area contributed by atoms with Gasteiger partial charge in [0.1, 0.15) is 5.60 Å². The molecule has 0 saturated heterocycles. The zero-order valence-electron chi connectivity index (χ0n) is 13.3. The number of aliphatic hydroxyl groups is 1. The third-order valence-electron chi connectivity index (χ3n) is 2.83. The highest BCUT2D eigenvalue weighted by Gasteiger charge is 2.24. The molecule has 0 fully saturated rings. The Hall–Kier alpha value is -2.08. The number of carbonyl (C=O) groups is 2. The number of nitrogens with one attached hydrogen (secondary N) is 1. The van der Waals surface area contributed by atoms with Gasteiger partial charge in [0, 0.05) is 5.69 Å². The maximum Gasteiger partial charge on any atom is 0.328 e. The molecule has 1 aromatic carbocycles. The van der Waals surface area contributed by atoms with Gasteiger partial charge in [-0.3, -0.25) is 4.79 Å². The first-order valence-corrected chi connectivity index (χ1v) is 7.07. The second-order valence-corrected chi connectivity index (χ2v) is 6.12. The Labute approximate surface area is 130 Å². The second-order valence-electron chi connectivity index (χ2n) is 6.12. The van der Waals surface area contributed by atoms with Crippen LogP contribution >= 0.6 is 0 Å². The van der Waals surface area contributed by atoms with Gasteiger partial charge in [-0.05, 0) is 39.3 Å². The largest absolute Gasteiger partial charge is 0.480 e. The molecule has 0 saturated carbocycles. The van der Waals surface area contributed by atoms with Gasteiger partial charge in [-0.25, -0.2) is 4.79 Å². The van der Waals surface area contributed by atoms with E-state index < -0.39 is 29.7 Å². The van der Waals surface area contributed by atoms with Crippen molar-refractivity contribution < 1.29 is 24.5 Å². The zero-order chi connectivity index (χ0) is 16.9. The van der Waals surface area contributed by atoms with Crippen molar-refractivity contribution in [3.63, 3.8) is 0 Å². The Morgan fingerprint density at radius 3 is 2.36 bits per heavy atom. The number of aliphatic hydroxyl groups excluding tert-OH is 1. The first-order valence-electron chi connectivity index (χ1n) is 7.07. The quantitative estimate of drug-likeness (QED) is 0.694. The molecule has 3 N–H and O–H groups in total. The number of hydrogen-bond acceptors (Lipinski definition) is 5. The lowest BCUT2D eigenvalue weighted by Crippen LogP contribution is -2.39. The minimum Gasteiger partial charge on any atom is -0.480 e. The summed E-state index contributed by atoms with van der Waals surface area (Å²) in [5.41, 5.74) is 0.521. The number of carboxylic acids is 1. The first kappa shape index (κ1) is 18.0. The van der Waals surface area contributed by atoms with Crippen LogP contribution in [0.3, 0.4) is 0 Å². The van der Waals surface area contributed by atoms with Crippen LogP contribution in [0.1, 0.15) is 33.3 Å². The number of para-hydroxylation sites is 1. The van der Waals surface area contributed by atoms with Crippen molar-refractivity contribution in [3.8, 4) is 0 Å². The van der Waals surface area contributed by atoms with Gasteiger partial charge in [-0.15, -0.1) is 0 Å². The molecule has 0 aromatic heterocycles. The summed E-state index contributed by atoms with van der Waals surface area (Å²) >= 11 is 0. The SMILES string of the molecule is C[C@H](O)[C@@H](Nc1ccccc1CC(=O)OC(C)(C)C)C(=O)O. The van der Waals surface area contributed by atoms with E-state index in [0.29, 0.717) is 11.3 Å². The van der Waals surface area contributed by atoms with E-state index in [1.165, 1.54) is 6.92 Å². The number of aliphatic carboxylic acids is 1. The minimum absolute atomic E-state index is 0.0204. The van der Waals surface area contributed by atoms with Crippen molar-refractivity contribution in [2.75, 3.05) is 5.32 Å². The Kier molecular flexibility index (Phi) is 5.93. The number of carboxylic acid groups (broad SMARTS) is 1. The maximum atomic E-state index is 11.9. The van der Waals surface area contributed by atoms with Gasteiger partial charge in [0.25, 0.3) is 0 Å². The monoisotopic (exact) mass is 309 g/mol. The molecule has 0 bridgehead atoms. The normalized spacial score (nSPS) is 14.0. The molecule has 6 heteroatoms. The molecule has 2 atom stereocenters. The highest BCUT2D eigenvalue weighted by atomic mass is 16.6. The van der Waals surface area contributed by atoms with Crippen LogP contribution in [0.5, 0.6) is 0 Å². The zero-order valence-corrected chi connectivity index (χ0v) is 13.3. The van der Waals surface area contributed by atoms with Gasteiger partial charge in [0.15, 0.2) is 6.04 Å². The molecule has 0 amide bonds. The molecular formula is C16H23NO5. The minimum atomic E-state index is -1.16. The van der Waals surface area contributed by atoms with E-state index in [2.05, 4.69) is 5.32 Å². The van der Waals surface area contributed by atoms with E-state index in [4.69, 9.17) is 9.84 Å². The predicted molar refractivity (Wildman–Crippen MR) is 82.7 cm³/mol. The van der Waals surface area contributed by atoms with Crippen LogP contribution < -0.4 is 5.32 Å². The summed E-state index contributed by atoms with van der Waals surface area (Å²) in [6.07, 6.45) is -1.06. The van der Waals surface area contributed by atoms with Crippen LogP contribution in [-0.2, 0) is 20.7 Å². The number of hydrogen-bond donors (Lipinski definition) is 3. The third-order valence-corrected chi connectivity index (χ3v) is 2.83. The number of esters is 1. The van der Waals surface area contributed by atoms with E-state index in [-0.39, 0.29) is 6.42 Å². The molecule has 6 nitrogen and oxygen atoms in total. The van der Waals surface area contributed by atoms with Crippen molar-refractivity contribution in [2.45, 2.75) is 51.9 Å². The van der Waals surface area contributed by atoms with E-state index in [1.54, 1.807) is 45.0 Å². The first-order chi connectivity index (χ1) is 10.1. The van der Waals surface area contributed by atoms with Crippen LogP contribution in [0.25, 0.3) is 0 Å². The fraction of sp³-hybridized carbons (Fsp3) is 0.500. The van der Waals surface area contributed by atoms with Gasteiger partial charge in [0.2, 0.25) is 0 Å². The Morgan fingerprint density at radius 2 is 1.86 bits per heavy atom. The maximum absolute atomic E-state index is 11.9.